The fraction of sp³-hybridized carbons (Fsp3) is 0.250. The van der Waals surface area contributed by atoms with E-state index in [9.17, 15) is 9.59 Å². The largest absolute Gasteiger partial charge is 0.497 e. The van der Waals surface area contributed by atoms with E-state index in [1.54, 1.807) is 49.5 Å². The first-order valence-electron chi connectivity index (χ1n) is 11.6. The van der Waals surface area contributed by atoms with Gasteiger partial charge in [-0.25, -0.2) is 4.98 Å². The molecule has 1 aromatic heterocycles. The number of fused-ring (bicyclic) bond motifs is 1. The summed E-state index contributed by atoms with van der Waals surface area (Å²) in [5, 5.41) is 0.468. The Balaban J connectivity index is 1.97. The van der Waals surface area contributed by atoms with Crippen molar-refractivity contribution < 1.29 is 14.3 Å². The van der Waals surface area contributed by atoms with Crippen molar-refractivity contribution in [1.29, 1.82) is 0 Å². The van der Waals surface area contributed by atoms with Crippen LogP contribution in [0.3, 0.4) is 0 Å². The number of halogens is 1. The van der Waals surface area contributed by atoms with E-state index in [4.69, 9.17) is 14.5 Å². The lowest BCUT2D eigenvalue weighted by atomic mass is 10.1. The molecule has 36 heavy (non-hydrogen) atoms. The summed E-state index contributed by atoms with van der Waals surface area (Å²) >= 11 is 3.60. The van der Waals surface area contributed by atoms with E-state index in [1.165, 1.54) is 4.57 Å². The predicted molar refractivity (Wildman–Crippen MR) is 144 cm³/mol. The maximum atomic E-state index is 13.9. The molecule has 1 unspecified atom stereocenters. The van der Waals surface area contributed by atoms with Crippen LogP contribution in [0.2, 0.25) is 0 Å². The van der Waals surface area contributed by atoms with Gasteiger partial charge in [-0.15, -0.1) is 0 Å². The van der Waals surface area contributed by atoms with Crippen molar-refractivity contribution in [3.05, 3.63) is 92.4 Å². The van der Waals surface area contributed by atoms with Gasteiger partial charge in [-0.2, -0.15) is 0 Å². The minimum absolute atomic E-state index is 0.138. The van der Waals surface area contributed by atoms with Crippen molar-refractivity contribution in [2.24, 2.45) is 0 Å². The molecule has 186 valence electrons. The molecule has 0 fully saturated rings. The van der Waals surface area contributed by atoms with Crippen LogP contribution >= 0.6 is 15.9 Å². The summed E-state index contributed by atoms with van der Waals surface area (Å²) in [5.74, 6) is 1.32. The van der Waals surface area contributed by atoms with E-state index >= 15 is 0 Å². The van der Waals surface area contributed by atoms with E-state index in [1.807, 2.05) is 51.1 Å². The standard InChI is InChI=1S/C28H28BrN3O4/c1-6-31(27(33)19-13-11-17(2)12-14-19)18(3)26-30-22-10-8-7-9-21(22)28(34)32(26)23-15-20(35-4)16-24(36-5)25(23)29/h7-16,18H,6H2,1-5H3. The molecular formula is C28H28BrN3O4. The Bertz CT molecular complexity index is 1480. The van der Waals surface area contributed by atoms with Crippen LogP contribution in [-0.2, 0) is 0 Å². The lowest BCUT2D eigenvalue weighted by Crippen LogP contribution is -2.37. The molecule has 0 bridgehead atoms. The average molecular weight is 550 g/mol. The zero-order chi connectivity index (χ0) is 26.0. The van der Waals surface area contributed by atoms with Crippen LogP contribution in [0.1, 0.15) is 41.6 Å². The Kier molecular flexibility index (Phi) is 7.45. The fourth-order valence-corrected chi connectivity index (χ4v) is 4.81. The lowest BCUT2D eigenvalue weighted by Gasteiger charge is -2.30. The number of hydrogen-bond donors (Lipinski definition) is 0. The molecule has 3 aromatic carbocycles. The molecule has 0 saturated carbocycles. The summed E-state index contributed by atoms with van der Waals surface area (Å²) < 4.78 is 13.1. The maximum Gasteiger partial charge on any atom is 0.266 e. The average Bonchev–Trinajstić information content (AvgIpc) is 2.89. The predicted octanol–water partition coefficient (Wildman–Crippen LogP) is 5.70. The molecule has 1 atom stereocenters. The Morgan fingerprint density at radius 3 is 2.42 bits per heavy atom. The number of carbonyl (C=O) groups excluding carboxylic acids is 1. The van der Waals surface area contributed by atoms with E-state index in [0.29, 0.717) is 50.5 Å². The third-order valence-corrected chi connectivity index (χ3v) is 7.03. The normalized spacial score (nSPS) is 11.8. The number of methoxy groups -OCH3 is 2. The second-order valence-electron chi connectivity index (χ2n) is 8.42. The number of amides is 1. The Hall–Kier alpha value is -3.65. The third-order valence-electron chi connectivity index (χ3n) is 6.23. The molecule has 0 aliphatic rings. The van der Waals surface area contributed by atoms with Gasteiger partial charge in [0.25, 0.3) is 11.5 Å². The maximum absolute atomic E-state index is 13.9. The van der Waals surface area contributed by atoms with Gasteiger partial charge in [-0.3, -0.25) is 14.2 Å². The zero-order valence-electron chi connectivity index (χ0n) is 20.9. The van der Waals surface area contributed by atoms with E-state index in [2.05, 4.69) is 15.9 Å². The van der Waals surface area contributed by atoms with Gasteiger partial charge in [0.2, 0.25) is 0 Å². The summed E-state index contributed by atoms with van der Waals surface area (Å²) in [6.45, 7) is 6.20. The lowest BCUT2D eigenvalue weighted by molar-refractivity contribution is 0.0693. The van der Waals surface area contributed by atoms with Crippen molar-refractivity contribution in [2.45, 2.75) is 26.8 Å². The second-order valence-corrected chi connectivity index (χ2v) is 9.22. The van der Waals surface area contributed by atoms with Crippen LogP contribution in [0.4, 0.5) is 0 Å². The summed E-state index contributed by atoms with van der Waals surface area (Å²) in [4.78, 5) is 34.0. The molecule has 0 spiro atoms. The van der Waals surface area contributed by atoms with Crippen molar-refractivity contribution in [3.8, 4) is 17.2 Å². The molecule has 1 amide bonds. The zero-order valence-corrected chi connectivity index (χ0v) is 22.5. The number of hydrogen-bond acceptors (Lipinski definition) is 5. The number of nitrogens with zero attached hydrogens (tertiary/aromatic N) is 3. The molecule has 0 aliphatic heterocycles. The van der Waals surface area contributed by atoms with Crippen LogP contribution < -0.4 is 15.0 Å². The van der Waals surface area contributed by atoms with Gasteiger partial charge in [-0.05, 0) is 61.0 Å². The molecule has 8 heteroatoms. The number of aryl methyl sites for hydroxylation is 1. The van der Waals surface area contributed by atoms with Crippen LogP contribution in [0.5, 0.6) is 11.5 Å². The van der Waals surface area contributed by atoms with Crippen LogP contribution in [0.25, 0.3) is 16.6 Å². The van der Waals surface area contributed by atoms with Gasteiger partial charge in [0.1, 0.15) is 17.3 Å². The van der Waals surface area contributed by atoms with Gasteiger partial charge in [0.05, 0.1) is 41.3 Å². The SMILES string of the molecule is CCN(C(=O)c1ccc(C)cc1)C(C)c1nc2ccccc2c(=O)n1-c1cc(OC)cc(OC)c1Br. The second kappa shape index (κ2) is 10.5. The molecule has 4 aromatic rings. The van der Waals surface area contributed by atoms with Gasteiger partial charge in [0, 0.05) is 24.2 Å². The molecule has 1 heterocycles. The van der Waals surface area contributed by atoms with Crippen LogP contribution in [-0.4, -0.2) is 41.1 Å². The summed E-state index contributed by atoms with van der Waals surface area (Å²) in [5.41, 5.74) is 2.47. The number of ether oxygens (including phenoxy) is 2. The van der Waals surface area contributed by atoms with Gasteiger partial charge in [0.15, 0.2) is 0 Å². The molecule has 0 N–H and O–H groups in total. The first-order chi connectivity index (χ1) is 17.3. The van der Waals surface area contributed by atoms with Crippen LogP contribution in [0, 0.1) is 6.92 Å². The monoisotopic (exact) mass is 549 g/mol. The number of para-hydroxylation sites is 1. The van der Waals surface area contributed by atoms with E-state index in [-0.39, 0.29) is 11.5 Å². The first-order valence-corrected chi connectivity index (χ1v) is 12.4. The first kappa shape index (κ1) is 25.4. The Morgan fingerprint density at radius 1 is 1.08 bits per heavy atom. The number of benzene rings is 3. The molecular weight excluding hydrogens is 522 g/mol. The quantitative estimate of drug-likeness (QED) is 0.295. The highest BCUT2D eigenvalue weighted by molar-refractivity contribution is 9.10. The highest BCUT2D eigenvalue weighted by Crippen LogP contribution is 2.37. The summed E-state index contributed by atoms with van der Waals surface area (Å²) in [6, 6.07) is 17.6. The smallest absolute Gasteiger partial charge is 0.266 e. The Labute approximate surface area is 218 Å². The van der Waals surface area contributed by atoms with Gasteiger partial charge in [-0.1, -0.05) is 29.8 Å². The molecule has 7 nitrogen and oxygen atoms in total. The highest BCUT2D eigenvalue weighted by atomic mass is 79.9. The van der Waals surface area contributed by atoms with Crippen molar-refractivity contribution in [3.63, 3.8) is 0 Å². The minimum Gasteiger partial charge on any atom is -0.497 e. The fourth-order valence-electron chi connectivity index (χ4n) is 4.25. The number of rotatable bonds is 7. The number of aromatic nitrogens is 2. The molecule has 0 saturated heterocycles. The van der Waals surface area contributed by atoms with Gasteiger partial charge >= 0.3 is 0 Å². The minimum atomic E-state index is -0.523. The molecule has 4 rings (SSSR count). The van der Waals surface area contributed by atoms with E-state index in [0.717, 1.165) is 5.56 Å². The van der Waals surface area contributed by atoms with E-state index < -0.39 is 6.04 Å². The Morgan fingerprint density at radius 2 is 1.78 bits per heavy atom. The summed E-state index contributed by atoms with van der Waals surface area (Å²) in [6.07, 6.45) is 0. The number of carbonyl (C=O) groups is 1. The van der Waals surface area contributed by atoms with Crippen LogP contribution in [0.15, 0.2) is 69.9 Å². The topological polar surface area (TPSA) is 73.7 Å². The third kappa shape index (κ3) is 4.60. The highest BCUT2D eigenvalue weighted by Gasteiger charge is 2.28. The molecule has 0 aliphatic carbocycles. The molecule has 0 radical (unpaired) electrons. The van der Waals surface area contributed by atoms with Crippen molar-refractivity contribution in [2.75, 3.05) is 20.8 Å². The van der Waals surface area contributed by atoms with Crippen molar-refractivity contribution in [1.82, 2.24) is 14.5 Å². The summed E-state index contributed by atoms with van der Waals surface area (Å²) in [7, 11) is 3.10. The van der Waals surface area contributed by atoms with Gasteiger partial charge < -0.3 is 14.4 Å². The van der Waals surface area contributed by atoms with Crippen molar-refractivity contribution >= 4 is 32.7 Å².